The molecule has 0 radical (unpaired) electrons. The number of hydrogen-bond acceptors (Lipinski definition) is 2. The minimum atomic E-state index is 0.549. The van der Waals surface area contributed by atoms with Gasteiger partial charge in [-0.2, -0.15) is 0 Å². The maximum Gasteiger partial charge on any atom is 0.0748 e. The van der Waals surface area contributed by atoms with E-state index in [-0.39, 0.29) is 0 Å². The Labute approximate surface area is 113 Å². The molecule has 1 heterocycles. The molecule has 1 unspecified atom stereocenters. The van der Waals surface area contributed by atoms with Gasteiger partial charge in [0.1, 0.15) is 0 Å². The average Bonchev–Trinajstić information content (AvgIpc) is 2.73. The van der Waals surface area contributed by atoms with Crippen LogP contribution in [0.5, 0.6) is 0 Å². The van der Waals surface area contributed by atoms with E-state index in [4.69, 9.17) is 23.2 Å². The molecule has 1 aromatic rings. The fourth-order valence-corrected chi connectivity index (χ4v) is 2.96. The summed E-state index contributed by atoms with van der Waals surface area (Å²) in [6.07, 6.45) is 1.15. The van der Waals surface area contributed by atoms with Gasteiger partial charge < -0.3 is 10.2 Å². The van der Waals surface area contributed by atoms with Crippen LogP contribution < -0.4 is 10.2 Å². The summed E-state index contributed by atoms with van der Waals surface area (Å²) in [5.41, 5.74) is 2.08. The average molecular weight is 273 g/mol. The van der Waals surface area contributed by atoms with Crippen LogP contribution in [0.25, 0.3) is 0 Å². The summed E-state index contributed by atoms with van der Waals surface area (Å²) >= 11 is 12.6. The van der Waals surface area contributed by atoms with Crippen LogP contribution in [0.15, 0.2) is 12.1 Å². The zero-order chi connectivity index (χ0) is 12.4. The Kier molecular flexibility index (Phi) is 4.18. The van der Waals surface area contributed by atoms with E-state index in [0.717, 1.165) is 47.4 Å². The third kappa shape index (κ3) is 2.70. The summed E-state index contributed by atoms with van der Waals surface area (Å²) in [6, 6.07) is 4.44. The topological polar surface area (TPSA) is 15.3 Å². The van der Waals surface area contributed by atoms with Crippen LogP contribution in [0, 0.1) is 6.92 Å². The Morgan fingerprint density at radius 1 is 1.41 bits per heavy atom. The highest BCUT2D eigenvalue weighted by atomic mass is 35.5. The quantitative estimate of drug-likeness (QED) is 0.906. The molecule has 0 spiro atoms. The van der Waals surface area contributed by atoms with Crippen LogP contribution in [-0.2, 0) is 0 Å². The molecule has 0 amide bonds. The molecule has 1 fully saturated rings. The molecule has 0 saturated carbocycles. The smallest absolute Gasteiger partial charge is 0.0748 e. The van der Waals surface area contributed by atoms with Crippen LogP contribution in [0.4, 0.5) is 5.69 Å². The van der Waals surface area contributed by atoms with Gasteiger partial charge >= 0.3 is 0 Å². The second-order valence-electron chi connectivity index (χ2n) is 4.52. The van der Waals surface area contributed by atoms with Crippen molar-refractivity contribution in [3.63, 3.8) is 0 Å². The Morgan fingerprint density at radius 3 is 2.88 bits per heavy atom. The van der Waals surface area contributed by atoms with Gasteiger partial charge in [0.25, 0.3) is 0 Å². The molecule has 0 bridgehead atoms. The van der Waals surface area contributed by atoms with Gasteiger partial charge in [-0.1, -0.05) is 36.2 Å². The van der Waals surface area contributed by atoms with Crippen molar-refractivity contribution in [1.82, 2.24) is 5.32 Å². The lowest BCUT2D eigenvalue weighted by atomic mass is 10.2. The third-order valence-corrected chi connectivity index (χ3v) is 4.04. The monoisotopic (exact) mass is 272 g/mol. The minimum absolute atomic E-state index is 0.549. The molecule has 0 aliphatic carbocycles. The van der Waals surface area contributed by atoms with Crippen molar-refractivity contribution in [2.45, 2.75) is 26.3 Å². The molecular formula is C13H18Cl2N2. The van der Waals surface area contributed by atoms with Gasteiger partial charge in [0, 0.05) is 19.1 Å². The molecule has 1 saturated heterocycles. The Bertz CT molecular complexity index is 407. The van der Waals surface area contributed by atoms with Crippen LogP contribution in [0.3, 0.4) is 0 Å². The first-order valence-corrected chi connectivity index (χ1v) is 6.82. The number of anilines is 1. The number of nitrogens with one attached hydrogen (secondary N) is 1. The van der Waals surface area contributed by atoms with Crippen LogP contribution in [0.2, 0.25) is 10.0 Å². The zero-order valence-corrected chi connectivity index (χ0v) is 11.8. The molecule has 4 heteroatoms. The van der Waals surface area contributed by atoms with Gasteiger partial charge in [-0.15, -0.1) is 0 Å². The largest absolute Gasteiger partial charge is 0.367 e. The van der Waals surface area contributed by atoms with E-state index >= 15 is 0 Å². The van der Waals surface area contributed by atoms with Gasteiger partial charge in [-0.25, -0.2) is 0 Å². The molecule has 1 aromatic carbocycles. The van der Waals surface area contributed by atoms with Gasteiger partial charge in [-0.05, 0) is 31.5 Å². The van der Waals surface area contributed by atoms with Crippen molar-refractivity contribution in [2.24, 2.45) is 0 Å². The standard InChI is InChI=1S/C13H18Cl2N2/c1-3-16-10-6-7-17(8-10)13-11(14)5-4-9(2)12(13)15/h4-5,10,16H,3,6-8H2,1-2H3. The number of likely N-dealkylation sites (N-methyl/N-ethyl adjacent to an activating group) is 1. The van der Waals surface area contributed by atoms with Gasteiger partial charge in [0.2, 0.25) is 0 Å². The highest BCUT2D eigenvalue weighted by Crippen LogP contribution is 2.37. The summed E-state index contributed by atoms with van der Waals surface area (Å²) in [5, 5.41) is 5.00. The Balaban J connectivity index is 2.21. The van der Waals surface area contributed by atoms with Crippen molar-refractivity contribution in [3.05, 3.63) is 27.7 Å². The molecule has 94 valence electrons. The fourth-order valence-electron chi connectivity index (χ4n) is 2.35. The molecule has 1 aliphatic rings. The van der Waals surface area contributed by atoms with Gasteiger partial charge in [0.15, 0.2) is 0 Å². The van der Waals surface area contributed by atoms with E-state index in [1.807, 2.05) is 19.1 Å². The predicted octanol–water partition coefficient (Wildman–Crippen LogP) is 3.49. The fraction of sp³-hybridized carbons (Fsp3) is 0.538. The van der Waals surface area contributed by atoms with Crippen molar-refractivity contribution in [1.29, 1.82) is 0 Å². The number of halogens is 2. The lowest BCUT2D eigenvalue weighted by molar-refractivity contribution is 0.572. The van der Waals surface area contributed by atoms with Gasteiger partial charge in [-0.3, -0.25) is 0 Å². The normalized spacial score (nSPS) is 20.0. The highest BCUT2D eigenvalue weighted by Gasteiger charge is 2.25. The maximum absolute atomic E-state index is 6.36. The lowest BCUT2D eigenvalue weighted by Gasteiger charge is -2.22. The summed E-state index contributed by atoms with van der Waals surface area (Å²) in [5.74, 6) is 0. The van der Waals surface area contributed by atoms with Crippen molar-refractivity contribution in [2.75, 3.05) is 24.5 Å². The van der Waals surface area contributed by atoms with E-state index in [9.17, 15) is 0 Å². The molecule has 0 aromatic heterocycles. The van der Waals surface area contributed by atoms with E-state index < -0.39 is 0 Å². The molecule has 17 heavy (non-hydrogen) atoms. The molecule has 1 aliphatic heterocycles. The number of rotatable bonds is 3. The molecule has 2 rings (SSSR count). The van der Waals surface area contributed by atoms with Crippen molar-refractivity contribution >= 4 is 28.9 Å². The van der Waals surface area contributed by atoms with Crippen molar-refractivity contribution in [3.8, 4) is 0 Å². The molecule has 2 nitrogen and oxygen atoms in total. The molecule has 1 N–H and O–H groups in total. The number of aryl methyl sites for hydroxylation is 1. The molecular weight excluding hydrogens is 255 g/mol. The maximum atomic E-state index is 6.36. The minimum Gasteiger partial charge on any atom is -0.367 e. The van der Waals surface area contributed by atoms with Crippen molar-refractivity contribution < 1.29 is 0 Å². The summed E-state index contributed by atoms with van der Waals surface area (Å²) in [4.78, 5) is 2.28. The van der Waals surface area contributed by atoms with E-state index in [1.54, 1.807) is 0 Å². The molecule has 1 atom stereocenters. The van der Waals surface area contributed by atoms with E-state index in [0.29, 0.717) is 6.04 Å². The first kappa shape index (κ1) is 13.0. The summed E-state index contributed by atoms with van der Waals surface area (Å²) < 4.78 is 0. The first-order chi connectivity index (χ1) is 8.13. The number of benzene rings is 1. The number of nitrogens with zero attached hydrogens (tertiary/aromatic N) is 1. The van der Waals surface area contributed by atoms with Crippen LogP contribution in [0.1, 0.15) is 18.9 Å². The lowest BCUT2D eigenvalue weighted by Crippen LogP contribution is -2.32. The third-order valence-electron chi connectivity index (χ3n) is 3.26. The van der Waals surface area contributed by atoms with Gasteiger partial charge in [0.05, 0.1) is 15.7 Å². The first-order valence-electron chi connectivity index (χ1n) is 6.06. The Hall–Kier alpha value is -0.440. The highest BCUT2D eigenvalue weighted by molar-refractivity contribution is 6.39. The van der Waals surface area contributed by atoms with Crippen LogP contribution in [-0.4, -0.2) is 25.7 Å². The zero-order valence-electron chi connectivity index (χ0n) is 10.3. The SMILES string of the molecule is CCNC1CCN(c2c(Cl)ccc(C)c2Cl)C1. The number of hydrogen-bond donors (Lipinski definition) is 1. The predicted molar refractivity (Wildman–Crippen MR) is 75.5 cm³/mol. The van der Waals surface area contributed by atoms with E-state index in [1.165, 1.54) is 0 Å². The summed E-state index contributed by atoms with van der Waals surface area (Å²) in [7, 11) is 0. The second-order valence-corrected chi connectivity index (χ2v) is 5.30. The second kappa shape index (κ2) is 5.47. The van der Waals surface area contributed by atoms with E-state index in [2.05, 4.69) is 17.1 Å². The summed E-state index contributed by atoms with van der Waals surface area (Å²) in [6.45, 7) is 7.15. The van der Waals surface area contributed by atoms with Crippen LogP contribution >= 0.6 is 23.2 Å². The Morgan fingerprint density at radius 2 is 2.18 bits per heavy atom.